The molecule has 0 bridgehead atoms. The molecule has 5 aliphatic carbocycles. The van der Waals surface area contributed by atoms with Gasteiger partial charge in [-0.25, -0.2) is 4.79 Å². The number of fused-ring (bicyclic) bond motifs is 7. The first kappa shape index (κ1) is 99.2. The fourth-order valence-corrected chi connectivity index (χ4v) is 22.6. The number of hydrogen-bond acceptors (Lipinski definition) is 42. The zero-order chi connectivity index (χ0) is 92.7. The average molecular weight is 1830 g/mol. The summed E-state index contributed by atoms with van der Waals surface area (Å²) < 4.78 is 112. The predicted octanol–water partition coefficient (Wildman–Crippen LogP) is -5.16. The smallest absolute Gasteiger partial charge is 0.331 e. The van der Waals surface area contributed by atoms with Gasteiger partial charge in [-0.3, -0.25) is 14.4 Å². The molecule has 4 saturated carbocycles. The van der Waals surface area contributed by atoms with E-state index in [9.17, 15) is 111 Å². The highest BCUT2D eigenvalue weighted by molar-refractivity contribution is 5.87. The quantitative estimate of drug-likeness (QED) is 0.0143. The summed E-state index contributed by atoms with van der Waals surface area (Å²) in [4.78, 5) is 53.1. The van der Waals surface area contributed by atoms with Gasteiger partial charge in [0.1, 0.15) is 152 Å². The highest BCUT2D eigenvalue weighted by Gasteiger charge is 2.73. The minimum absolute atomic E-state index is 0.0225. The first-order valence-corrected chi connectivity index (χ1v) is 43.9. The molecule has 19 N–H and O–H groups in total. The van der Waals surface area contributed by atoms with Gasteiger partial charge in [-0.2, -0.15) is 0 Å². The molecule has 128 heavy (non-hydrogen) atoms. The van der Waals surface area contributed by atoms with E-state index in [0.29, 0.717) is 50.5 Å². The lowest BCUT2D eigenvalue weighted by Crippen LogP contribution is -2.68. The fraction of sp³-hybridized carbons (Fsp3) is 0.837. The number of aliphatic hydroxyl groups is 19. The van der Waals surface area contributed by atoms with Crippen molar-refractivity contribution in [1.29, 1.82) is 0 Å². The van der Waals surface area contributed by atoms with Crippen LogP contribution in [0.3, 0.4) is 0 Å². The number of benzene rings is 1. The van der Waals surface area contributed by atoms with E-state index in [2.05, 4.69) is 54.5 Å². The number of rotatable bonds is 25. The van der Waals surface area contributed by atoms with Crippen LogP contribution in [0.1, 0.15) is 126 Å². The van der Waals surface area contributed by atoms with Gasteiger partial charge < -0.3 is 187 Å². The van der Waals surface area contributed by atoms with E-state index in [1.807, 2.05) is 0 Å². The lowest BCUT2D eigenvalue weighted by atomic mass is 9.33. The number of carbonyl (C=O) groups is 4. The topological polar surface area (TPSA) is 628 Å². The molecule has 1 aromatic rings. The van der Waals surface area contributed by atoms with E-state index >= 15 is 4.79 Å². The van der Waals surface area contributed by atoms with Gasteiger partial charge in [-0.05, 0) is 114 Å². The normalized spacial score (nSPS) is 48.9. The first-order valence-electron chi connectivity index (χ1n) is 43.9. The number of carbonyl (C=O) groups excluding carboxylic acids is 4. The van der Waals surface area contributed by atoms with Crippen molar-refractivity contribution >= 4 is 30.0 Å². The van der Waals surface area contributed by atoms with Gasteiger partial charge in [0, 0.05) is 19.9 Å². The Labute approximate surface area is 737 Å². The number of esters is 4. The van der Waals surface area contributed by atoms with Crippen molar-refractivity contribution in [2.75, 3.05) is 59.5 Å². The van der Waals surface area contributed by atoms with Gasteiger partial charge in [0.15, 0.2) is 62.3 Å². The molecule has 724 valence electrons. The van der Waals surface area contributed by atoms with Crippen LogP contribution in [0.15, 0.2) is 48.1 Å². The molecule has 8 heterocycles. The zero-order valence-corrected chi connectivity index (χ0v) is 72.7. The van der Waals surface area contributed by atoms with E-state index < -0.39 is 337 Å². The molecule has 43 unspecified atom stereocenters. The minimum Gasteiger partial charge on any atom is -0.463 e. The largest absolute Gasteiger partial charge is 0.463 e. The first-order chi connectivity index (χ1) is 60.4. The maximum Gasteiger partial charge on any atom is 0.331 e. The Balaban J connectivity index is 0.602. The fourth-order valence-electron chi connectivity index (χ4n) is 22.6. The molecule has 1 aromatic carbocycles. The Morgan fingerprint density at radius 1 is 0.477 bits per heavy atom. The molecule has 8 aliphatic heterocycles. The van der Waals surface area contributed by atoms with Crippen molar-refractivity contribution in [3.8, 4) is 0 Å². The molecule has 0 amide bonds. The summed E-state index contributed by atoms with van der Waals surface area (Å²) >= 11 is 0. The molecule has 13 aliphatic rings. The lowest BCUT2D eigenvalue weighted by molar-refractivity contribution is -0.383. The van der Waals surface area contributed by atoms with E-state index in [0.717, 1.165) is 25.5 Å². The highest BCUT2D eigenvalue weighted by atomic mass is 16.8. The van der Waals surface area contributed by atoms with Crippen LogP contribution in [0.4, 0.5) is 0 Å². The van der Waals surface area contributed by atoms with Crippen LogP contribution in [-0.4, -0.2) is 401 Å². The Bertz CT molecular complexity index is 4010. The third-order valence-corrected chi connectivity index (χ3v) is 30.1. The van der Waals surface area contributed by atoms with Crippen LogP contribution in [-0.2, 0) is 109 Å². The summed E-state index contributed by atoms with van der Waals surface area (Å²) in [5.41, 5.74) is -4.88. The monoisotopic (exact) mass is 1830 g/mol. The van der Waals surface area contributed by atoms with Crippen LogP contribution < -0.4 is 0 Å². The summed E-state index contributed by atoms with van der Waals surface area (Å²) in [6.07, 6.45) is -52.0. The Morgan fingerprint density at radius 2 is 1.05 bits per heavy atom. The van der Waals surface area contributed by atoms with Gasteiger partial charge in [0.2, 0.25) is 6.29 Å². The van der Waals surface area contributed by atoms with E-state index in [1.54, 1.807) is 30.3 Å². The maximum absolute atomic E-state index is 15.7. The number of aliphatic hydroxyl groups excluding tert-OH is 18. The molecule has 8 saturated heterocycles. The molecular weight excluding hydrogens is 1700 g/mol. The molecule has 14 rings (SSSR count). The van der Waals surface area contributed by atoms with Crippen molar-refractivity contribution in [2.45, 2.75) is 341 Å². The Kier molecular flexibility index (Phi) is 30.3. The Morgan fingerprint density at radius 3 is 1.70 bits per heavy atom. The van der Waals surface area contributed by atoms with Crippen molar-refractivity contribution in [1.82, 2.24) is 0 Å². The molecule has 42 nitrogen and oxygen atoms in total. The van der Waals surface area contributed by atoms with Crippen LogP contribution in [0, 0.1) is 50.2 Å². The molecule has 43 atom stereocenters. The van der Waals surface area contributed by atoms with Crippen LogP contribution in [0.25, 0.3) is 6.08 Å². The summed E-state index contributed by atoms with van der Waals surface area (Å²) in [6.45, 7) is 11.0. The summed E-state index contributed by atoms with van der Waals surface area (Å²) in [6, 6.07) is 8.58. The SMILES string of the molecule is CC(=O)OCC1OC(OC2COC(OC3COC(OC4C(OC5C(CO)OC(OC6CCC7(C)C(CCC8(C)C7CC=C7C9CC(C)(C)CCC9(C(=O)OC9OC(CO)C(O)C(O)C9OC9OCC(O)C(OC%10OCC(O)(CO)C%10O)C9O)C(O)CC78C)C6(C)C)C(O)C5O)OCC(O)C4O)C(O)C3O)C(O)C2O)C(OC(=O)/C=C/c2ccccc2)C(O)C1OC(C)=O. The minimum atomic E-state index is -2.13. The van der Waals surface area contributed by atoms with Crippen LogP contribution in [0.5, 0.6) is 0 Å². The van der Waals surface area contributed by atoms with Crippen molar-refractivity contribution in [3.63, 3.8) is 0 Å². The molecule has 0 aromatic heterocycles. The number of ether oxygens (including phenoxy) is 19. The molecule has 0 radical (unpaired) electrons. The predicted molar refractivity (Wildman–Crippen MR) is 423 cm³/mol. The third-order valence-electron chi connectivity index (χ3n) is 30.1. The van der Waals surface area contributed by atoms with Crippen molar-refractivity contribution < 1.29 is 206 Å². The standard InChI is InChI=1S/C86H128O42/c1-36(90)110-33-47-66(116-37(2)91)62(105)69(123-52(95)18-15-38-13-11-10-12-14-38)76(121-47)120-46-32-113-71(59(102)56(46)99)119-45-31-114-72(60(103)55(45)98)126-67-53(96)41(92)29-112-75(67)125-65-44(28-88)118-74(61(104)58(65)101)122-51-20-21-82(7)48(81(51,5)6)19-22-83(8)49(82)17-16-39-40-25-80(3,4)23-24-86(40,50(94)26-84(39,83)9)79(108)128-77-68(57(100)54(97)43(27-87)117-77)127-73-63(106)64(42(93)30-111-73)124-78-70(107)85(109,34-89)35-115-78/h10-16,18,40-51,53-78,87-89,92-94,96-107,109H,17,19-35H2,1-9H3/b18-15+. The molecular formula is C86H128O42. The average Bonchev–Trinajstić information content (AvgIpc) is 0.737. The number of allylic oxidation sites excluding steroid dienone is 2. The van der Waals surface area contributed by atoms with E-state index in [1.165, 1.54) is 6.08 Å². The summed E-state index contributed by atoms with van der Waals surface area (Å²) in [5.74, 6) is -4.31. The van der Waals surface area contributed by atoms with Crippen molar-refractivity contribution in [2.24, 2.45) is 50.2 Å². The van der Waals surface area contributed by atoms with E-state index in [4.69, 9.17) is 90.0 Å². The van der Waals surface area contributed by atoms with Crippen LogP contribution in [0.2, 0.25) is 0 Å². The lowest BCUT2D eigenvalue weighted by Gasteiger charge is -2.71. The van der Waals surface area contributed by atoms with Gasteiger partial charge in [0.05, 0.1) is 65.1 Å². The van der Waals surface area contributed by atoms with E-state index in [-0.39, 0.29) is 30.1 Å². The molecule has 0 spiro atoms. The Hall–Kier alpha value is -4.78. The second-order valence-corrected chi connectivity index (χ2v) is 38.9. The van der Waals surface area contributed by atoms with Gasteiger partial charge in [0.25, 0.3) is 0 Å². The highest BCUT2D eigenvalue weighted by Crippen LogP contribution is 2.76. The second-order valence-electron chi connectivity index (χ2n) is 38.9. The summed E-state index contributed by atoms with van der Waals surface area (Å²) in [7, 11) is 0. The maximum atomic E-state index is 15.7. The second kappa shape index (κ2) is 39.1. The van der Waals surface area contributed by atoms with Gasteiger partial charge >= 0.3 is 23.9 Å². The van der Waals surface area contributed by atoms with Crippen LogP contribution >= 0.6 is 0 Å². The third kappa shape index (κ3) is 18.8. The molecule has 12 fully saturated rings. The van der Waals surface area contributed by atoms with Gasteiger partial charge in [-0.15, -0.1) is 0 Å². The number of hydrogen-bond donors (Lipinski definition) is 19. The zero-order valence-electron chi connectivity index (χ0n) is 72.7. The van der Waals surface area contributed by atoms with Crippen molar-refractivity contribution in [3.05, 3.63) is 53.6 Å². The summed E-state index contributed by atoms with van der Waals surface area (Å²) in [5, 5.41) is 216. The molecule has 42 heteroatoms. The van der Waals surface area contributed by atoms with Gasteiger partial charge in [-0.1, -0.05) is 90.4 Å².